The van der Waals surface area contributed by atoms with Gasteiger partial charge in [-0.25, -0.2) is 8.42 Å². The van der Waals surface area contributed by atoms with E-state index in [1.165, 1.54) is 5.56 Å². The van der Waals surface area contributed by atoms with Crippen LogP contribution in [0.3, 0.4) is 0 Å². The molecule has 1 N–H and O–H groups in total. The third-order valence-corrected chi connectivity index (χ3v) is 7.39. The quantitative estimate of drug-likeness (QED) is 0.668. The molecule has 2 unspecified atom stereocenters. The minimum atomic E-state index is -3.13. The topological polar surface area (TPSA) is 83.5 Å². The van der Waals surface area contributed by atoms with Crippen LogP contribution in [-0.2, 0) is 21.1 Å². The van der Waals surface area contributed by atoms with Gasteiger partial charge >= 0.3 is 0 Å². The van der Waals surface area contributed by atoms with Crippen LogP contribution in [0, 0.1) is 0 Å². The number of benzene rings is 1. The summed E-state index contributed by atoms with van der Waals surface area (Å²) in [6.07, 6.45) is 4.40. The summed E-state index contributed by atoms with van der Waals surface area (Å²) in [6.45, 7) is 3.89. The Bertz CT molecular complexity index is 798. The lowest BCUT2D eigenvalue weighted by Gasteiger charge is -2.28. The molecule has 7 heteroatoms. The first-order valence-corrected chi connectivity index (χ1v) is 12.1. The molecule has 0 aliphatic carbocycles. The maximum absolute atomic E-state index is 12.4. The second-order valence-electron chi connectivity index (χ2n) is 7.93. The highest BCUT2D eigenvalue weighted by atomic mass is 32.2. The lowest BCUT2D eigenvalue weighted by Crippen LogP contribution is -2.50. The highest BCUT2D eigenvalue weighted by Crippen LogP contribution is 2.23. The van der Waals surface area contributed by atoms with Crippen LogP contribution in [0.1, 0.15) is 54.9 Å². The molecule has 2 atom stereocenters. The number of carbonyl (C=O) groups is 2. The molecule has 0 radical (unpaired) electrons. The summed E-state index contributed by atoms with van der Waals surface area (Å²) < 4.78 is 24.2. The van der Waals surface area contributed by atoms with Crippen LogP contribution in [0.2, 0.25) is 0 Å². The molecule has 0 bridgehead atoms. The number of hydrogen-bond donors (Lipinski definition) is 1. The van der Waals surface area contributed by atoms with Gasteiger partial charge < -0.3 is 5.32 Å². The fourth-order valence-corrected chi connectivity index (χ4v) is 6.15. The van der Waals surface area contributed by atoms with Crippen LogP contribution in [0.25, 0.3) is 0 Å². The normalized spacial score (nSPS) is 24.3. The van der Waals surface area contributed by atoms with Crippen LogP contribution < -0.4 is 5.32 Å². The lowest BCUT2D eigenvalue weighted by atomic mass is 10.0. The van der Waals surface area contributed by atoms with Gasteiger partial charge in [0.25, 0.3) is 0 Å². The molecule has 1 amide bonds. The summed E-state index contributed by atoms with van der Waals surface area (Å²) in [5.74, 6) is -0.205. The fraction of sp³-hybridized carbons (Fsp3) is 0.619. The number of amides is 1. The second-order valence-corrected chi connectivity index (χ2v) is 10.1. The van der Waals surface area contributed by atoms with Gasteiger partial charge in [-0.2, -0.15) is 0 Å². The second kappa shape index (κ2) is 9.18. The number of carbonyl (C=O) groups excluding carboxylic acids is 2. The van der Waals surface area contributed by atoms with Crippen molar-refractivity contribution in [3.63, 3.8) is 0 Å². The summed E-state index contributed by atoms with van der Waals surface area (Å²) in [4.78, 5) is 26.9. The van der Waals surface area contributed by atoms with Gasteiger partial charge in [-0.15, -0.1) is 0 Å². The van der Waals surface area contributed by atoms with Crippen molar-refractivity contribution < 1.29 is 18.0 Å². The van der Waals surface area contributed by atoms with Crippen molar-refractivity contribution in [2.75, 3.05) is 24.6 Å². The molecule has 1 aromatic rings. The molecule has 2 saturated heterocycles. The molecule has 6 nitrogen and oxygen atoms in total. The van der Waals surface area contributed by atoms with Gasteiger partial charge in [-0.1, -0.05) is 37.6 Å². The standard InChI is InChI=1S/C21H30N2O4S/c1-2-5-16-6-8-17(9-7-16)20(24)10-11-21(25)22-18-14-28(26,27)15-19(18)23-12-3-4-13-23/h6-9,18-19H,2-5,10-15H2,1H3,(H,22,25). The van der Waals surface area contributed by atoms with Crippen molar-refractivity contribution in [1.82, 2.24) is 10.2 Å². The third kappa shape index (κ3) is 5.41. The largest absolute Gasteiger partial charge is 0.351 e. The maximum Gasteiger partial charge on any atom is 0.220 e. The van der Waals surface area contributed by atoms with E-state index in [1.807, 2.05) is 24.3 Å². The van der Waals surface area contributed by atoms with Gasteiger partial charge in [0.05, 0.1) is 17.5 Å². The van der Waals surface area contributed by atoms with Crippen molar-refractivity contribution in [2.45, 2.75) is 57.5 Å². The number of Topliss-reactive ketones (excluding diaryl/α,β-unsaturated/α-hetero) is 1. The summed E-state index contributed by atoms with van der Waals surface area (Å²) in [5, 5.41) is 2.88. The number of likely N-dealkylation sites (tertiary alicyclic amines) is 1. The Hall–Kier alpha value is -1.73. The van der Waals surface area contributed by atoms with E-state index < -0.39 is 9.84 Å². The Morgan fingerprint density at radius 2 is 1.75 bits per heavy atom. The predicted octanol–water partition coefficient (Wildman–Crippen LogP) is 1.98. The molecular weight excluding hydrogens is 376 g/mol. The monoisotopic (exact) mass is 406 g/mol. The van der Waals surface area contributed by atoms with Crippen LogP contribution >= 0.6 is 0 Å². The molecule has 0 saturated carbocycles. The zero-order valence-electron chi connectivity index (χ0n) is 16.5. The average molecular weight is 407 g/mol. The van der Waals surface area contributed by atoms with Crippen LogP contribution in [0.5, 0.6) is 0 Å². The number of nitrogens with one attached hydrogen (secondary N) is 1. The van der Waals surface area contributed by atoms with E-state index in [0.717, 1.165) is 38.8 Å². The van der Waals surface area contributed by atoms with Crippen LogP contribution in [0.4, 0.5) is 0 Å². The van der Waals surface area contributed by atoms with Gasteiger partial charge in [0.1, 0.15) is 0 Å². The highest BCUT2D eigenvalue weighted by molar-refractivity contribution is 7.91. The maximum atomic E-state index is 12.4. The first-order chi connectivity index (χ1) is 13.4. The highest BCUT2D eigenvalue weighted by Gasteiger charge is 2.42. The Morgan fingerprint density at radius 3 is 2.39 bits per heavy atom. The molecule has 2 fully saturated rings. The molecule has 0 aromatic heterocycles. The smallest absolute Gasteiger partial charge is 0.220 e. The number of nitrogens with zero attached hydrogens (tertiary/aromatic N) is 1. The van der Waals surface area contributed by atoms with Crippen LogP contribution in [-0.4, -0.2) is 61.7 Å². The average Bonchev–Trinajstić information content (AvgIpc) is 3.28. The molecular formula is C21H30N2O4S. The van der Waals surface area contributed by atoms with Gasteiger partial charge in [0.15, 0.2) is 15.6 Å². The van der Waals surface area contributed by atoms with E-state index in [2.05, 4.69) is 17.1 Å². The summed E-state index contributed by atoms with van der Waals surface area (Å²) >= 11 is 0. The first-order valence-electron chi connectivity index (χ1n) is 10.2. The molecule has 2 heterocycles. The van der Waals surface area contributed by atoms with Crippen molar-refractivity contribution >= 4 is 21.5 Å². The Morgan fingerprint density at radius 1 is 1.07 bits per heavy atom. The fourth-order valence-electron chi connectivity index (χ4n) is 4.20. The van der Waals surface area contributed by atoms with Crippen molar-refractivity contribution in [2.24, 2.45) is 0 Å². The van der Waals surface area contributed by atoms with E-state index >= 15 is 0 Å². The van der Waals surface area contributed by atoms with Gasteiger partial charge in [-0.3, -0.25) is 14.5 Å². The summed E-state index contributed by atoms with van der Waals surface area (Å²) in [5.41, 5.74) is 1.82. The Balaban J connectivity index is 1.52. The zero-order valence-corrected chi connectivity index (χ0v) is 17.3. The minimum absolute atomic E-state index is 0.00720. The van der Waals surface area contributed by atoms with Crippen molar-refractivity contribution in [3.8, 4) is 0 Å². The number of aryl methyl sites for hydroxylation is 1. The number of hydrogen-bond acceptors (Lipinski definition) is 5. The third-order valence-electron chi connectivity index (χ3n) is 5.67. The minimum Gasteiger partial charge on any atom is -0.351 e. The number of sulfone groups is 1. The Kier molecular flexibility index (Phi) is 6.88. The molecule has 2 aliphatic rings. The van der Waals surface area contributed by atoms with Crippen molar-refractivity contribution in [3.05, 3.63) is 35.4 Å². The Labute approximate surface area is 167 Å². The first kappa shape index (κ1) is 21.0. The molecule has 154 valence electrons. The van der Waals surface area contributed by atoms with Crippen LogP contribution in [0.15, 0.2) is 24.3 Å². The number of rotatable bonds is 8. The molecule has 1 aromatic carbocycles. The van der Waals surface area contributed by atoms with E-state index in [9.17, 15) is 18.0 Å². The molecule has 2 aliphatic heterocycles. The van der Waals surface area contributed by atoms with E-state index in [-0.39, 0.29) is 48.1 Å². The summed E-state index contributed by atoms with van der Waals surface area (Å²) in [6, 6.07) is 7.04. The molecule has 28 heavy (non-hydrogen) atoms. The molecule has 3 rings (SSSR count). The SMILES string of the molecule is CCCc1ccc(C(=O)CCC(=O)NC2CS(=O)(=O)CC2N2CCCC2)cc1. The summed E-state index contributed by atoms with van der Waals surface area (Å²) in [7, 11) is -3.13. The van der Waals surface area contributed by atoms with Gasteiger partial charge in [0.2, 0.25) is 5.91 Å². The van der Waals surface area contributed by atoms with Gasteiger partial charge in [-0.05, 0) is 37.9 Å². The lowest BCUT2D eigenvalue weighted by molar-refractivity contribution is -0.121. The van der Waals surface area contributed by atoms with E-state index in [1.54, 1.807) is 0 Å². The predicted molar refractivity (Wildman–Crippen MR) is 109 cm³/mol. The molecule has 0 spiro atoms. The van der Waals surface area contributed by atoms with E-state index in [4.69, 9.17) is 0 Å². The van der Waals surface area contributed by atoms with Crippen molar-refractivity contribution in [1.29, 1.82) is 0 Å². The zero-order chi connectivity index (χ0) is 20.1. The van der Waals surface area contributed by atoms with Gasteiger partial charge in [0, 0.05) is 24.4 Å². The number of ketones is 1. The van der Waals surface area contributed by atoms with E-state index in [0.29, 0.717) is 5.56 Å².